The predicted octanol–water partition coefficient (Wildman–Crippen LogP) is 2.07. The molecule has 0 radical (unpaired) electrons. The van der Waals surface area contributed by atoms with E-state index >= 15 is 0 Å². The van der Waals surface area contributed by atoms with E-state index in [9.17, 15) is 8.42 Å². The summed E-state index contributed by atoms with van der Waals surface area (Å²) in [6.45, 7) is 0. The highest BCUT2D eigenvalue weighted by molar-refractivity contribution is 7.89. The van der Waals surface area contributed by atoms with E-state index in [2.05, 4.69) is 14.7 Å². The van der Waals surface area contributed by atoms with E-state index < -0.39 is 10.0 Å². The molecule has 7 heteroatoms. The third-order valence-electron chi connectivity index (χ3n) is 2.19. The smallest absolute Gasteiger partial charge is 0.208 e. The van der Waals surface area contributed by atoms with Crippen molar-refractivity contribution < 1.29 is 8.42 Å². The molecule has 0 unspecified atom stereocenters. The molecule has 1 aliphatic carbocycles. The molecule has 0 aliphatic heterocycles. The summed E-state index contributed by atoms with van der Waals surface area (Å²) in [5, 5.41) is 3.36. The minimum atomic E-state index is -3.47. The Labute approximate surface area is 93.0 Å². The standard InChI is InChI=1S/C9H10N4O2S/c10-13-11-8-2-1-3-9(6-8)16(14,15)12-7-4-5-7/h1-3,6-7,12H,4-5H2. The van der Waals surface area contributed by atoms with Crippen LogP contribution < -0.4 is 4.72 Å². The van der Waals surface area contributed by atoms with Crippen molar-refractivity contribution in [1.29, 1.82) is 0 Å². The number of rotatable bonds is 4. The van der Waals surface area contributed by atoms with Crippen molar-refractivity contribution in [2.24, 2.45) is 5.11 Å². The van der Waals surface area contributed by atoms with Crippen LogP contribution in [0.1, 0.15) is 12.8 Å². The summed E-state index contributed by atoms with van der Waals surface area (Å²) < 4.78 is 26.1. The van der Waals surface area contributed by atoms with Crippen LogP contribution >= 0.6 is 0 Å². The summed E-state index contributed by atoms with van der Waals surface area (Å²) in [4.78, 5) is 2.74. The first-order valence-corrected chi connectivity index (χ1v) is 6.27. The lowest BCUT2D eigenvalue weighted by molar-refractivity contribution is 0.581. The first kappa shape index (κ1) is 10.9. The molecule has 0 bridgehead atoms. The fraction of sp³-hybridized carbons (Fsp3) is 0.333. The molecule has 0 aromatic heterocycles. The number of azide groups is 1. The van der Waals surface area contributed by atoms with Crippen molar-refractivity contribution in [1.82, 2.24) is 4.72 Å². The van der Waals surface area contributed by atoms with Crippen LogP contribution in [0.5, 0.6) is 0 Å². The second-order valence-corrected chi connectivity index (χ2v) is 5.30. The van der Waals surface area contributed by atoms with Crippen molar-refractivity contribution in [2.45, 2.75) is 23.8 Å². The highest BCUT2D eigenvalue weighted by atomic mass is 32.2. The van der Waals surface area contributed by atoms with Gasteiger partial charge in [-0.1, -0.05) is 17.2 Å². The van der Waals surface area contributed by atoms with Crippen LogP contribution in [0.4, 0.5) is 5.69 Å². The fourth-order valence-corrected chi connectivity index (χ4v) is 2.60. The van der Waals surface area contributed by atoms with Gasteiger partial charge in [-0.15, -0.1) is 0 Å². The van der Waals surface area contributed by atoms with Gasteiger partial charge >= 0.3 is 0 Å². The molecule has 84 valence electrons. The van der Waals surface area contributed by atoms with E-state index in [1.807, 2.05) is 0 Å². The van der Waals surface area contributed by atoms with Crippen molar-refractivity contribution in [3.05, 3.63) is 34.7 Å². The van der Waals surface area contributed by atoms with Gasteiger partial charge in [0.05, 0.1) is 4.90 Å². The lowest BCUT2D eigenvalue weighted by Crippen LogP contribution is -2.25. The van der Waals surface area contributed by atoms with Crippen LogP contribution in [0.25, 0.3) is 10.4 Å². The zero-order valence-electron chi connectivity index (χ0n) is 8.37. The average molecular weight is 238 g/mol. The molecule has 1 aromatic carbocycles. The maximum absolute atomic E-state index is 11.8. The average Bonchev–Trinajstić information content (AvgIpc) is 3.02. The molecule has 0 spiro atoms. The number of nitrogens with one attached hydrogen (secondary N) is 1. The topological polar surface area (TPSA) is 94.9 Å². The highest BCUT2D eigenvalue weighted by Crippen LogP contribution is 2.23. The van der Waals surface area contributed by atoms with Gasteiger partial charge in [-0.3, -0.25) is 0 Å². The van der Waals surface area contributed by atoms with Crippen LogP contribution in [0.3, 0.4) is 0 Å². The summed E-state index contributed by atoms with van der Waals surface area (Å²) in [5.41, 5.74) is 8.55. The van der Waals surface area contributed by atoms with Gasteiger partial charge < -0.3 is 0 Å². The summed E-state index contributed by atoms with van der Waals surface area (Å²) >= 11 is 0. The highest BCUT2D eigenvalue weighted by Gasteiger charge is 2.27. The number of hydrogen-bond acceptors (Lipinski definition) is 3. The van der Waals surface area contributed by atoms with Crippen LogP contribution in [-0.4, -0.2) is 14.5 Å². The van der Waals surface area contributed by atoms with Crippen molar-refractivity contribution in [2.75, 3.05) is 0 Å². The van der Waals surface area contributed by atoms with E-state index in [1.54, 1.807) is 12.1 Å². The molecule has 1 aromatic rings. The van der Waals surface area contributed by atoms with Gasteiger partial charge in [0, 0.05) is 16.6 Å². The van der Waals surface area contributed by atoms with Crippen LogP contribution in [0.2, 0.25) is 0 Å². The third kappa shape index (κ3) is 2.52. The molecular weight excluding hydrogens is 228 g/mol. The molecule has 6 nitrogen and oxygen atoms in total. The summed E-state index contributed by atoms with van der Waals surface area (Å²) in [5.74, 6) is 0. The van der Waals surface area contributed by atoms with Gasteiger partial charge in [-0.2, -0.15) is 0 Å². The minimum absolute atomic E-state index is 0.0631. The quantitative estimate of drug-likeness (QED) is 0.493. The summed E-state index contributed by atoms with van der Waals surface area (Å²) in [7, 11) is -3.47. The molecule has 1 fully saturated rings. The Morgan fingerprint density at radius 3 is 2.81 bits per heavy atom. The maximum Gasteiger partial charge on any atom is 0.240 e. The number of nitrogens with zero attached hydrogens (tertiary/aromatic N) is 3. The lowest BCUT2D eigenvalue weighted by Gasteiger charge is -2.05. The van der Waals surface area contributed by atoms with E-state index in [4.69, 9.17) is 5.53 Å². The van der Waals surface area contributed by atoms with Crippen molar-refractivity contribution in [3.63, 3.8) is 0 Å². The van der Waals surface area contributed by atoms with Gasteiger partial charge in [-0.05, 0) is 30.5 Å². The Balaban J connectivity index is 2.31. The molecule has 1 aliphatic rings. The van der Waals surface area contributed by atoms with Gasteiger partial charge in [-0.25, -0.2) is 13.1 Å². The van der Waals surface area contributed by atoms with Crippen LogP contribution in [0.15, 0.2) is 34.3 Å². The molecule has 16 heavy (non-hydrogen) atoms. The van der Waals surface area contributed by atoms with Gasteiger partial charge in [0.1, 0.15) is 0 Å². The van der Waals surface area contributed by atoms with Gasteiger partial charge in [0.25, 0.3) is 0 Å². The lowest BCUT2D eigenvalue weighted by atomic mass is 10.3. The second-order valence-electron chi connectivity index (χ2n) is 3.58. The Morgan fingerprint density at radius 1 is 1.44 bits per heavy atom. The molecule has 0 atom stereocenters. The molecule has 0 heterocycles. The van der Waals surface area contributed by atoms with Crippen LogP contribution in [-0.2, 0) is 10.0 Å². The minimum Gasteiger partial charge on any atom is -0.208 e. The third-order valence-corrected chi connectivity index (χ3v) is 3.71. The van der Waals surface area contributed by atoms with E-state index in [0.29, 0.717) is 5.69 Å². The number of sulfonamides is 1. The monoisotopic (exact) mass is 238 g/mol. The molecule has 0 saturated heterocycles. The second kappa shape index (κ2) is 4.13. The first-order valence-electron chi connectivity index (χ1n) is 4.79. The molecule has 2 rings (SSSR count). The first-order chi connectivity index (χ1) is 7.62. The Morgan fingerprint density at radius 2 is 2.19 bits per heavy atom. The largest absolute Gasteiger partial charge is 0.240 e. The Bertz CT molecular complexity index is 544. The summed E-state index contributed by atoms with van der Waals surface area (Å²) in [6.07, 6.45) is 1.77. The van der Waals surface area contributed by atoms with Crippen LogP contribution in [0, 0.1) is 0 Å². The zero-order chi connectivity index (χ0) is 11.6. The normalized spacial score (nSPS) is 15.5. The molecule has 1 saturated carbocycles. The molecule has 1 N–H and O–H groups in total. The number of hydrogen-bond donors (Lipinski definition) is 1. The molecule has 0 amide bonds. The van der Waals surface area contributed by atoms with E-state index in [0.717, 1.165) is 12.8 Å². The van der Waals surface area contributed by atoms with E-state index in [-0.39, 0.29) is 10.9 Å². The van der Waals surface area contributed by atoms with E-state index in [1.165, 1.54) is 12.1 Å². The fourth-order valence-electron chi connectivity index (χ4n) is 1.25. The zero-order valence-corrected chi connectivity index (χ0v) is 9.18. The SMILES string of the molecule is [N-]=[N+]=Nc1cccc(S(=O)(=O)NC2CC2)c1. The van der Waals surface area contributed by atoms with Gasteiger partial charge in [0.2, 0.25) is 10.0 Å². The van der Waals surface area contributed by atoms with Gasteiger partial charge in [0.15, 0.2) is 0 Å². The molecular formula is C9H10N4O2S. The maximum atomic E-state index is 11.8. The predicted molar refractivity (Wildman–Crippen MR) is 58.6 cm³/mol. The Kier molecular flexibility index (Phi) is 2.82. The number of benzene rings is 1. The van der Waals surface area contributed by atoms with Crippen molar-refractivity contribution in [3.8, 4) is 0 Å². The van der Waals surface area contributed by atoms with Crippen molar-refractivity contribution >= 4 is 15.7 Å². The Hall–Kier alpha value is -1.56. The summed E-state index contributed by atoms with van der Waals surface area (Å²) in [6, 6.07) is 5.99.